The number of guanidine groups is 1. The molecule has 1 amide bonds. The highest BCUT2D eigenvalue weighted by Gasteiger charge is 2.15. The van der Waals surface area contributed by atoms with Crippen molar-refractivity contribution in [3.8, 4) is 0 Å². The smallest absolute Gasteiger partial charge is 0.242 e. The molecule has 0 unspecified atom stereocenters. The van der Waals surface area contributed by atoms with Gasteiger partial charge in [0.1, 0.15) is 5.82 Å². The van der Waals surface area contributed by atoms with Crippen molar-refractivity contribution in [2.45, 2.75) is 27.3 Å². The van der Waals surface area contributed by atoms with Crippen molar-refractivity contribution in [1.29, 1.82) is 0 Å². The first kappa shape index (κ1) is 24.4. The van der Waals surface area contributed by atoms with Crippen molar-refractivity contribution in [2.24, 2.45) is 4.99 Å². The second-order valence-corrected chi connectivity index (χ2v) is 6.01. The molecule has 8 heteroatoms. The maximum absolute atomic E-state index is 12.3. The molecular formula is C18H33IN6O. The summed E-state index contributed by atoms with van der Waals surface area (Å²) in [6.45, 7) is 9.05. The quantitative estimate of drug-likeness (QED) is 0.354. The second kappa shape index (κ2) is 12.7. The molecule has 26 heavy (non-hydrogen) atoms. The van der Waals surface area contributed by atoms with Gasteiger partial charge in [-0.1, -0.05) is 0 Å². The van der Waals surface area contributed by atoms with E-state index in [2.05, 4.69) is 15.3 Å². The topological polar surface area (TPSA) is 64.1 Å². The van der Waals surface area contributed by atoms with Crippen LogP contribution in [0, 0.1) is 0 Å². The standard InChI is InChI=1S/C18H32N6O.HI/c1-7-19-18(23(6)14-17(25)24(8-2)9-3)21-13-15-10-11-20-16(12-15)22(4)5;/h10-12H,7-9,13-14H2,1-6H3,(H,19,21);1H. The van der Waals surface area contributed by atoms with Gasteiger partial charge in [0, 0.05) is 47.0 Å². The van der Waals surface area contributed by atoms with E-state index in [-0.39, 0.29) is 29.9 Å². The summed E-state index contributed by atoms with van der Waals surface area (Å²) in [5.41, 5.74) is 1.08. The van der Waals surface area contributed by atoms with Gasteiger partial charge in [0.15, 0.2) is 5.96 Å². The lowest BCUT2D eigenvalue weighted by atomic mass is 10.2. The molecule has 0 fully saturated rings. The Morgan fingerprint density at radius 2 is 1.85 bits per heavy atom. The molecule has 0 aliphatic heterocycles. The number of carbonyl (C=O) groups is 1. The molecule has 0 saturated heterocycles. The minimum absolute atomic E-state index is 0. The van der Waals surface area contributed by atoms with E-state index >= 15 is 0 Å². The molecule has 1 rings (SSSR count). The van der Waals surface area contributed by atoms with Crippen LogP contribution in [0.1, 0.15) is 26.3 Å². The maximum atomic E-state index is 12.3. The number of amides is 1. The summed E-state index contributed by atoms with van der Waals surface area (Å²) >= 11 is 0. The van der Waals surface area contributed by atoms with Crippen molar-refractivity contribution in [2.75, 3.05) is 52.2 Å². The van der Waals surface area contributed by atoms with Gasteiger partial charge < -0.3 is 20.0 Å². The van der Waals surface area contributed by atoms with Crippen LogP contribution >= 0.6 is 24.0 Å². The first-order chi connectivity index (χ1) is 11.9. The molecule has 1 aromatic heterocycles. The molecule has 0 saturated carbocycles. The van der Waals surface area contributed by atoms with Crippen LogP contribution in [0.25, 0.3) is 0 Å². The summed E-state index contributed by atoms with van der Waals surface area (Å²) in [5, 5.41) is 3.25. The summed E-state index contributed by atoms with van der Waals surface area (Å²) < 4.78 is 0. The predicted octanol–water partition coefficient (Wildman–Crippen LogP) is 2.03. The molecule has 1 aromatic rings. The monoisotopic (exact) mass is 476 g/mol. The third-order valence-corrected chi connectivity index (χ3v) is 3.86. The van der Waals surface area contributed by atoms with Crippen LogP contribution in [-0.4, -0.2) is 74.0 Å². The van der Waals surface area contributed by atoms with Crippen LogP contribution < -0.4 is 10.2 Å². The predicted molar refractivity (Wildman–Crippen MR) is 119 cm³/mol. The van der Waals surface area contributed by atoms with Crippen LogP contribution in [0.15, 0.2) is 23.3 Å². The Hall–Kier alpha value is -1.58. The van der Waals surface area contributed by atoms with Gasteiger partial charge in [0.2, 0.25) is 5.91 Å². The van der Waals surface area contributed by atoms with E-state index < -0.39 is 0 Å². The minimum Gasteiger partial charge on any atom is -0.363 e. The van der Waals surface area contributed by atoms with E-state index in [1.165, 1.54) is 0 Å². The summed E-state index contributed by atoms with van der Waals surface area (Å²) in [6, 6.07) is 3.98. The number of hydrogen-bond donors (Lipinski definition) is 1. The lowest BCUT2D eigenvalue weighted by Crippen LogP contribution is -2.45. The number of nitrogens with one attached hydrogen (secondary N) is 1. The summed E-state index contributed by atoms with van der Waals surface area (Å²) in [7, 11) is 5.82. The van der Waals surface area contributed by atoms with Gasteiger partial charge in [-0.05, 0) is 38.5 Å². The van der Waals surface area contributed by atoms with E-state index in [0.29, 0.717) is 13.1 Å². The van der Waals surface area contributed by atoms with Crippen molar-refractivity contribution in [1.82, 2.24) is 20.1 Å². The van der Waals surface area contributed by atoms with Crippen LogP contribution in [0.4, 0.5) is 5.82 Å². The number of hydrogen-bond acceptors (Lipinski definition) is 4. The fourth-order valence-corrected chi connectivity index (χ4v) is 2.39. The number of aliphatic imine (C=N–C) groups is 1. The van der Waals surface area contributed by atoms with Crippen LogP contribution in [0.2, 0.25) is 0 Å². The first-order valence-electron chi connectivity index (χ1n) is 8.82. The van der Waals surface area contributed by atoms with Gasteiger partial charge in [-0.15, -0.1) is 24.0 Å². The van der Waals surface area contributed by atoms with Gasteiger partial charge in [-0.25, -0.2) is 9.98 Å². The Morgan fingerprint density at radius 1 is 1.19 bits per heavy atom. The average molecular weight is 476 g/mol. The fourth-order valence-electron chi connectivity index (χ4n) is 2.39. The SMILES string of the molecule is CCNC(=NCc1ccnc(N(C)C)c1)N(C)CC(=O)N(CC)CC.I. The molecule has 0 radical (unpaired) electrons. The average Bonchev–Trinajstić information content (AvgIpc) is 2.59. The summed E-state index contributed by atoms with van der Waals surface area (Å²) in [6.07, 6.45) is 1.79. The van der Waals surface area contributed by atoms with Crippen molar-refractivity contribution < 1.29 is 4.79 Å². The number of rotatable bonds is 8. The van der Waals surface area contributed by atoms with Gasteiger partial charge in [0.25, 0.3) is 0 Å². The molecule has 1 N–H and O–H groups in total. The molecule has 0 bridgehead atoms. The molecule has 0 spiro atoms. The lowest BCUT2D eigenvalue weighted by Gasteiger charge is -2.25. The van der Waals surface area contributed by atoms with E-state index in [1.54, 1.807) is 6.20 Å². The molecule has 1 heterocycles. The zero-order chi connectivity index (χ0) is 18.8. The molecule has 0 aliphatic carbocycles. The maximum Gasteiger partial charge on any atom is 0.242 e. The Kier molecular flexibility index (Phi) is 11.9. The fraction of sp³-hybridized carbons (Fsp3) is 0.611. The first-order valence-corrected chi connectivity index (χ1v) is 8.82. The van der Waals surface area contributed by atoms with E-state index in [1.807, 2.05) is 68.7 Å². The lowest BCUT2D eigenvalue weighted by molar-refractivity contribution is -0.131. The number of carbonyl (C=O) groups excluding carboxylic acids is 1. The minimum atomic E-state index is 0. The van der Waals surface area contributed by atoms with E-state index in [0.717, 1.165) is 37.0 Å². The highest BCUT2D eigenvalue weighted by Crippen LogP contribution is 2.10. The highest BCUT2D eigenvalue weighted by molar-refractivity contribution is 14.0. The summed E-state index contributed by atoms with van der Waals surface area (Å²) in [4.78, 5) is 26.9. The Balaban J connectivity index is 0.00000625. The largest absolute Gasteiger partial charge is 0.363 e. The van der Waals surface area contributed by atoms with Gasteiger partial charge in [0.05, 0.1) is 13.1 Å². The molecule has 148 valence electrons. The third kappa shape index (κ3) is 7.76. The highest BCUT2D eigenvalue weighted by atomic mass is 127. The molecule has 0 aliphatic rings. The number of halogens is 1. The number of nitrogens with zero attached hydrogens (tertiary/aromatic N) is 5. The Morgan fingerprint density at radius 3 is 2.38 bits per heavy atom. The van der Waals surface area contributed by atoms with Gasteiger partial charge >= 0.3 is 0 Å². The normalized spacial score (nSPS) is 10.8. The molecule has 0 aromatic carbocycles. The molecular weight excluding hydrogens is 443 g/mol. The summed E-state index contributed by atoms with van der Waals surface area (Å²) in [5.74, 6) is 1.74. The Bertz CT molecular complexity index is 575. The number of anilines is 1. The van der Waals surface area contributed by atoms with Gasteiger partial charge in [-0.2, -0.15) is 0 Å². The van der Waals surface area contributed by atoms with Crippen molar-refractivity contribution in [3.63, 3.8) is 0 Å². The number of aromatic nitrogens is 1. The van der Waals surface area contributed by atoms with Crippen molar-refractivity contribution >= 4 is 41.7 Å². The van der Waals surface area contributed by atoms with Crippen LogP contribution in [0.3, 0.4) is 0 Å². The number of likely N-dealkylation sites (N-methyl/N-ethyl adjacent to an activating group) is 2. The van der Waals surface area contributed by atoms with Crippen LogP contribution in [-0.2, 0) is 11.3 Å². The van der Waals surface area contributed by atoms with Gasteiger partial charge in [-0.3, -0.25) is 4.79 Å². The Labute approximate surface area is 174 Å². The second-order valence-electron chi connectivity index (χ2n) is 6.01. The zero-order valence-electron chi connectivity index (χ0n) is 16.8. The van der Waals surface area contributed by atoms with Crippen LogP contribution in [0.5, 0.6) is 0 Å². The van der Waals surface area contributed by atoms with E-state index in [9.17, 15) is 4.79 Å². The van der Waals surface area contributed by atoms with Crippen molar-refractivity contribution in [3.05, 3.63) is 23.9 Å². The number of pyridine rings is 1. The third-order valence-electron chi connectivity index (χ3n) is 3.86. The molecule has 7 nitrogen and oxygen atoms in total. The van der Waals surface area contributed by atoms with E-state index in [4.69, 9.17) is 0 Å². The molecule has 0 atom stereocenters. The zero-order valence-corrected chi connectivity index (χ0v) is 19.2.